The fourth-order valence-corrected chi connectivity index (χ4v) is 2.06. The second-order valence-electron chi connectivity index (χ2n) is 4.26. The molecule has 1 aliphatic rings. The molecule has 5 heteroatoms. The Labute approximate surface area is 100 Å². The van der Waals surface area contributed by atoms with Gasteiger partial charge in [-0.05, 0) is 13.1 Å². The van der Waals surface area contributed by atoms with Crippen LogP contribution in [-0.4, -0.2) is 37.1 Å². The number of hydrogen-bond donors (Lipinski definition) is 2. The van der Waals surface area contributed by atoms with Crippen molar-refractivity contribution in [1.29, 1.82) is 0 Å². The number of likely N-dealkylation sites (N-methyl/N-ethyl adjacent to an activating group) is 1. The first kappa shape index (κ1) is 12.0. The van der Waals surface area contributed by atoms with Crippen LogP contribution >= 0.6 is 0 Å². The van der Waals surface area contributed by atoms with Crippen molar-refractivity contribution in [3.63, 3.8) is 0 Å². The summed E-state index contributed by atoms with van der Waals surface area (Å²) >= 11 is 0. The number of carbonyl (C=O) groups excluding carboxylic acids is 1. The average Bonchev–Trinajstić information content (AvgIpc) is 2.80. The van der Waals surface area contributed by atoms with Crippen LogP contribution in [0.2, 0.25) is 0 Å². The zero-order valence-corrected chi connectivity index (χ0v) is 9.85. The van der Waals surface area contributed by atoms with E-state index >= 15 is 0 Å². The van der Waals surface area contributed by atoms with E-state index in [2.05, 4.69) is 10.3 Å². The number of rotatable bonds is 4. The Morgan fingerprint density at radius 2 is 2.47 bits per heavy atom. The first-order valence-corrected chi connectivity index (χ1v) is 5.68. The van der Waals surface area contributed by atoms with Gasteiger partial charge >= 0.3 is 0 Å². The maximum atomic E-state index is 12.1. The van der Waals surface area contributed by atoms with Crippen LogP contribution in [0.5, 0.6) is 0 Å². The van der Waals surface area contributed by atoms with Crippen molar-refractivity contribution in [3.05, 3.63) is 24.0 Å². The fourth-order valence-electron chi connectivity index (χ4n) is 2.06. The molecule has 1 aromatic rings. The van der Waals surface area contributed by atoms with Crippen LogP contribution in [0.15, 0.2) is 18.5 Å². The number of hydrogen-bond acceptors (Lipinski definition) is 5. The molecule has 2 rings (SSSR count). The summed E-state index contributed by atoms with van der Waals surface area (Å²) in [4.78, 5) is 16.1. The number of nitrogen functional groups attached to an aromatic ring is 1. The van der Waals surface area contributed by atoms with Gasteiger partial charge in [-0.2, -0.15) is 0 Å². The average molecular weight is 235 g/mol. The lowest BCUT2D eigenvalue weighted by Crippen LogP contribution is -2.37. The molecule has 0 aliphatic carbocycles. The van der Waals surface area contributed by atoms with Gasteiger partial charge in [-0.25, -0.2) is 0 Å². The molecule has 1 aliphatic heterocycles. The van der Waals surface area contributed by atoms with Crippen molar-refractivity contribution in [1.82, 2.24) is 10.3 Å². The third kappa shape index (κ3) is 2.62. The highest BCUT2D eigenvalue weighted by Gasteiger charge is 2.32. The number of aromatic nitrogens is 1. The van der Waals surface area contributed by atoms with Crippen molar-refractivity contribution < 1.29 is 9.53 Å². The van der Waals surface area contributed by atoms with Crippen LogP contribution in [0.1, 0.15) is 5.56 Å². The first-order chi connectivity index (χ1) is 8.22. The SMILES string of the molecule is CNC1COCC1C(=O)Cc1cnccc1N. The smallest absolute Gasteiger partial charge is 0.144 e. The Hall–Kier alpha value is -1.46. The normalized spacial score (nSPS) is 23.8. The van der Waals surface area contributed by atoms with Gasteiger partial charge in [0.15, 0.2) is 0 Å². The van der Waals surface area contributed by atoms with Crippen LogP contribution in [0.3, 0.4) is 0 Å². The summed E-state index contributed by atoms with van der Waals surface area (Å²) in [5.74, 6) is 0.0705. The highest BCUT2D eigenvalue weighted by atomic mass is 16.5. The molecule has 1 saturated heterocycles. The summed E-state index contributed by atoms with van der Waals surface area (Å²) in [6, 6.07) is 1.82. The second-order valence-corrected chi connectivity index (χ2v) is 4.26. The second kappa shape index (κ2) is 5.25. The number of nitrogens with zero attached hydrogens (tertiary/aromatic N) is 1. The molecule has 1 aromatic heterocycles. The molecule has 0 aromatic carbocycles. The maximum Gasteiger partial charge on any atom is 0.144 e. The van der Waals surface area contributed by atoms with Crippen molar-refractivity contribution in [3.8, 4) is 0 Å². The Kier molecular flexibility index (Phi) is 3.71. The van der Waals surface area contributed by atoms with Gasteiger partial charge in [0.1, 0.15) is 5.78 Å². The molecular weight excluding hydrogens is 218 g/mol. The van der Waals surface area contributed by atoms with Crippen molar-refractivity contribution in [2.75, 3.05) is 26.0 Å². The van der Waals surface area contributed by atoms with Crippen molar-refractivity contribution in [2.45, 2.75) is 12.5 Å². The van der Waals surface area contributed by atoms with E-state index in [1.165, 1.54) is 0 Å². The largest absolute Gasteiger partial charge is 0.398 e. The maximum absolute atomic E-state index is 12.1. The van der Waals surface area contributed by atoms with E-state index in [4.69, 9.17) is 10.5 Å². The molecule has 3 N–H and O–H groups in total. The van der Waals surface area contributed by atoms with Crippen LogP contribution in [0.25, 0.3) is 0 Å². The Bertz CT molecular complexity index is 408. The van der Waals surface area contributed by atoms with E-state index in [1.807, 2.05) is 7.05 Å². The molecule has 5 nitrogen and oxygen atoms in total. The molecule has 1 fully saturated rings. The molecule has 0 radical (unpaired) electrons. The van der Waals surface area contributed by atoms with E-state index < -0.39 is 0 Å². The molecule has 17 heavy (non-hydrogen) atoms. The molecule has 0 spiro atoms. The molecule has 2 unspecified atom stereocenters. The number of Topliss-reactive ketones (excluding diaryl/α,β-unsaturated/α-hetero) is 1. The molecular formula is C12H17N3O2. The summed E-state index contributed by atoms with van der Waals surface area (Å²) in [6.07, 6.45) is 3.60. The van der Waals surface area contributed by atoms with E-state index in [1.54, 1.807) is 18.5 Å². The Balaban J connectivity index is 2.04. The lowest BCUT2D eigenvalue weighted by molar-refractivity contribution is -0.122. The van der Waals surface area contributed by atoms with Gasteiger partial charge in [0.25, 0.3) is 0 Å². The van der Waals surface area contributed by atoms with E-state index in [-0.39, 0.29) is 17.7 Å². The van der Waals surface area contributed by atoms with Gasteiger partial charge in [0.05, 0.1) is 19.1 Å². The zero-order valence-electron chi connectivity index (χ0n) is 9.85. The van der Waals surface area contributed by atoms with Gasteiger partial charge in [-0.1, -0.05) is 0 Å². The monoisotopic (exact) mass is 235 g/mol. The first-order valence-electron chi connectivity index (χ1n) is 5.68. The van der Waals surface area contributed by atoms with Gasteiger partial charge in [0.2, 0.25) is 0 Å². The Morgan fingerprint density at radius 1 is 1.65 bits per heavy atom. The lowest BCUT2D eigenvalue weighted by Gasteiger charge is -2.15. The quantitative estimate of drug-likeness (QED) is 0.768. The topological polar surface area (TPSA) is 77.2 Å². The number of ketones is 1. The van der Waals surface area contributed by atoms with E-state index in [0.29, 0.717) is 25.3 Å². The van der Waals surface area contributed by atoms with Gasteiger partial charge in [-0.3, -0.25) is 9.78 Å². The highest BCUT2D eigenvalue weighted by Crippen LogP contribution is 2.18. The van der Waals surface area contributed by atoms with Gasteiger partial charge < -0.3 is 15.8 Å². The number of ether oxygens (including phenoxy) is 1. The fraction of sp³-hybridized carbons (Fsp3) is 0.500. The van der Waals surface area contributed by atoms with Gasteiger partial charge in [-0.15, -0.1) is 0 Å². The third-order valence-corrected chi connectivity index (χ3v) is 3.17. The molecule has 0 saturated carbocycles. The van der Waals surface area contributed by atoms with E-state index in [9.17, 15) is 4.79 Å². The van der Waals surface area contributed by atoms with Crippen LogP contribution in [-0.2, 0) is 16.0 Å². The summed E-state index contributed by atoms with van der Waals surface area (Å²) < 4.78 is 5.32. The molecule has 0 amide bonds. The molecule has 92 valence electrons. The standard InChI is InChI=1S/C12H17N3O2/c1-14-11-7-17-6-9(11)12(16)4-8-5-15-3-2-10(8)13/h2-3,5,9,11,14H,4,6-7H2,1H3,(H2,13,15). The number of nitrogens with one attached hydrogen (secondary N) is 1. The predicted octanol–water partition coefficient (Wildman–Crippen LogP) is 0.00980. The molecule has 2 atom stereocenters. The van der Waals surface area contributed by atoms with Gasteiger partial charge in [0, 0.05) is 36.1 Å². The molecule has 0 bridgehead atoms. The number of anilines is 1. The van der Waals surface area contributed by atoms with E-state index in [0.717, 1.165) is 5.56 Å². The van der Waals surface area contributed by atoms with Crippen LogP contribution < -0.4 is 11.1 Å². The van der Waals surface area contributed by atoms with Crippen LogP contribution in [0, 0.1) is 5.92 Å². The van der Waals surface area contributed by atoms with Crippen LogP contribution in [0.4, 0.5) is 5.69 Å². The molecule has 2 heterocycles. The Morgan fingerprint density at radius 3 is 3.18 bits per heavy atom. The van der Waals surface area contributed by atoms with Crippen molar-refractivity contribution >= 4 is 11.5 Å². The predicted molar refractivity (Wildman–Crippen MR) is 64.5 cm³/mol. The lowest BCUT2D eigenvalue weighted by atomic mass is 9.94. The number of carbonyl (C=O) groups is 1. The summed E-state index contributed by atoms with van der Waals surface area (Å²) in [5.41, 5.74) is 7.21. The van der Waals surface area contributed by atoms with Crippen molar-refractivity contribution in [2.24, 2.45) is 5.92 Å². The minimum Gasteiger partial charge on any atom is -0.398 e. The zero-order chi connectivity index (χ0) is 12.3. The summed E-state index contributed by atoms with van der Waals surface area (Å²) in [5, 5.41) is 3.10. The minimum absolute atomic E-state index is 0.0837. The highest BCUT2D eigenvalue weighted by molar-refractivity contribution is 5.85. The summed E-state index contributed by atoms with van der Waals surface area (Å²) in [7, 11) is 1.85. The summed E-state index contributed by atoms with van der Waals surface area (Å²) in [6.45, 7) is 1.08. The third-order valence-electron chi connectivity index (χ3n) is 3.17. The number of nitrogens with two attached hydrogens (primary N) is 1. The minimum atomic E-state index is -0.0837. The number of pyridine rings is 1.